The van der Waals surface area contributed by atoms with Crippen LogP contribution in [-0.4, -0.2) is 50.2 Å². The summed E-state index contributed by atoms with van der Waals surface area (Å²) in [6, 6.07) is 0. The topological polar surface area (TPSA) is 112 Å². The third kappa shape index (κ3) is 6.71. The lowest BCUT2D eigenvalue weighted by atomic mass is 9.90. The van der Waals surface area contributed by atoms with Crippen LogP contribution in [0.1, 0.15) is 52.2 Å². The van der Waals surface area contributed by atoms with Crippen LogP contribution in [0.3, 0.4) is 0 Å². The lowest BCUT2D eigenvalue weighted by Crippen LogP contribution is -2.24. The molecule has 0 bridgehead atoms. The molecule has 1 aliphatic carbocycles. The monoisotopic (exact) mass is 502 g/mol. The van der Waals surface area contributed by atoms with Crippen molar-refractivity contribution in [3.63, 3.8) is 0 Å². The maximum atomic E-state index is 12.2. The minimum Gasteiger partial charge on any atom is -0.504 e. The molecule has 2 rings (SSSR count). The normalized spacial score (nSPS) is 13.1. The molecule has 8 nitrogen and oxygen atoms in total. The van der Waals surface area contributed by atoms with Crippen LogP contribution in [0, 0.1) is 6.92 Å². The lowest BCUT2D eigenvalue weighted by Gasteiger charge is -2.19. The van der Waals surface area contributed by atoms with Crippen molar-refractivity contribution < 1.29 is 38.7 Å². The van der Waals surface area contributed by atoms with Gasteiger partial charge in [-0.3, -0.25) is 9.59 Å². The van der Waals surface area contributed by atoms with Crippen LogP contribution in [0.25, 0.3) is 0 Å². The van der Waals surface area contributed by atoms with E-state index in [0.717, 1.165) is 11.1 Å². The van der Waals surface area contributed by atoms with Gasteiger partial charge >= 0.3 is 0 Å². The van der Waals surface area contributed by atoms with E-state index in [1.54, 1.807) is 13.8 Å². The number of rotatable bonds is 8. The van der Waals surface area contributed by atoms with Crippen molar-refractivity contribution in [1.82, 2.24) is 0 Å². The molecule has 0 unspecified atom stereocenters. The molecule has 2 N–H and O–H groups in total. The van der Waals surface area contributed by atoms with Crippen molar-refractivity contribution in [3.8, 4) is 23.0 Å². The molecule has 0 spiro atoms. The summed E-state index contributed by atoms with van der Waals surface area (Å²) in [6.07, 6.45) is 4.86. The minimum atomic E-state index is -0.286. The maximum Gasteiger partial charge on any atom is 0.228 e. The lowest BCUT2D eigenvalue weighted by molar-refractivity contribution is -0.121. The highest BCUT2D eigenvalue weighted by Gasteiger charge is 2.34. The van der Waals surface area contributed by atoms with Crippen LogP contribution in [0.4, 0.5) is 0 Å². The maximum absolute atomic E-state index is 12.2. The van der Waals surface area contributed by atoms with Crippen molar-refractivity contribution in [1.29, 1.82) is 0 Å². The van der Waals surface area contributed by atoms with E-state index >= 15 is 0 Å². The first-order chi connectivity index (χ1) is 16.9. The Kier molecular flexibility index (Phi) is 11.3. The number of ether oxygens (including phenoxy) is 4. The van der Waals surface area contributed by atoms with Gasteiger partial charge in [-0.05, 0) is 54.4 Å². The van der Waals surface area contributed by atoms with Gasteiger partial charge in [0.2, 0.25) is 34.6 Å². The first-order valence-corrected chi connectivity index (χ1v) is 11.4. The third-order valence-corrected chi connectivity index (χ3v) is 5.66. The number of hydrogen-bond donors (Lipinski definition) is 2. The zero-order valence-electron chi connectivity index (χ0n) is 22.9. The number of methoxy groups -OCH3 is 4. The Morgan fingerprint density at radius 2 is 1.14 bits per heavy atom. The van der Waals surface area contributed by atoms with E-state index in [2.05, 4.69) is 0 Å². The Morgan fingerprint density at radius 1 is 0.694 bits per heavy atom. The van der Waals surface area contributed by atoms with Gasteiger partial charge in [-0.1, -0.05) is 23.3 Å². The molecular formula is C28H38O8. The average molecular weight is 503 g/mol. The Labute approximate surface area is 213 Å². The Bertz CT molecular complexity index is 1120. The summed E-state index contributed by atoms with van der Waals surface area (Å²) in [4.78, 5) is 24.2. The van der Waals surface area contributed by atoms with Gasteiger partial charge in [0, 0.05) is 22.3 Å². The van der Waals surface area contributed by atoms with E-state index < -0.39 is 0 Å². The van der Waals surface area contributed by atoms with Gasteiger partial charge in [0.05, 0.1) is 28.4 Å². The standard InChI is InChI=1S/C14H20O4.C14H18O4/c2*1-8(2)6-7-10-9(3)11(15)13(17-4)14(18-5)12(10)16/h6,15-16H,7H2,1-5H3;6H,7H2,1-5H3. The molecule has 8 heteroatoms. The number of hydrogen-bond acceptors (Lipinski definition) is 8. The van der Waals surface area contributed by atoms with Crippen molar-refractivity contribution >= 4 is 11.6 Å². The Balaban J connectivity index is 0.000000360. The van der Waals surface area contributed by atoms with E-state index in [1.807, 2.05) is 39.8 Å². The number of benzene rings is 1. The predicted molar refractivity (Wildman–Crippen MR) is 139 cm³/mol. The van der Waals surface area contributed by atoms with Gasteiger partial charge in [0.15, 0.2) is 11.5 Å². The second-order valence-corrected chi connectivity index (χ2v) is 8.67. The van der Waals surface area contributed by atoms with E-state index in [0.29, 0.717) is 35.1 Å². The number of phenols is 2. The molecule has 198 valence electrons. The summed E-state index contributed by atoms with van der Waals surface area (Å²) in [5.41, 5.74) is 4.38. The first kappa shape index (κ1) is 30.4. The quantitative estimate of drug-likeness (QED) is 0.282. The molecule has 36 heavy (non-hydrogen) atoms. The Morgan fingerprint density at radius 3 is 1.58 bits per heavy atom. The fourth-order valence-corrected chi connectivity index (χ4v) is 3.52. The van der Waals surface area contributed by atoms with Crippen molar-refractivity contribution in [3.05, 3.63) is 57.1 Å². The smallest absolute Gasteiger partial charge is 0.228 e. The van der Waals surface area contributed by atoms with Gasteiger partial charge in [-0.15, -0.1) is 0 Å². The highest BCUT2D eigenvalue weighted by Crippen LogP contribution is 2.48. The van der Waals surface area contributed by atoms with Gasteiger partial charge in [0.25, 0.3) is 0 Å². The van der Waals surface area contributed by atoms with Crippen LogP contribution in [-0.2, 0) is 25.5 Å². The number of carbonyl (C=O) groups excluding carboxylic acids is 2. The number of ketones is 2. The largest absolute Gasteiger partial charge is 0.504 e. The van der Waals surface area contributed by atoms with Crippen LogP contribution >= 0.6 is 0 Å². The molecular weight excluding hydrogens is 464 g/mol. The average Bonchev–Trinajstić information content (AvgIpc) is 2.83. The number of aromatic hydroxyl groups is 2. The summed E-state index contributed by atoms with van der Waals surface area (Å²) in [6.45, 7) is 11.2. The number of phenolic OH excluding ortho intramolecular Hbond substituents is 2. The fourth-order valence-electron chi connectivity index (χ4n) is 3.52. The second-order valence-electron chi connectivity index (χ2n) is 8.67. The molecule has 0 fully saturated rings. The molecule has 1 aromatic rings. The number of carbonyl (C=O) groups is 2. The van der Waals surface area contributed by atoms with E-state index in [4.69, 9.17) is 18.9 Å². The third-order valence-electron chi connectivity index (χ3n) is 5.66. The van der Waals surface area contributed by atoms with Crippen molar-refractivity contribution in [2.24, 2.45) is 0 Å². The zero-order valence-corrected chi connectivity index (χ0v) is 22.9. The van der Waals surface area contributed by atoms with Crippen LogP contribution < -0.4 is 9.47 Å². The summed E-state index contributed by atoms with van der Waals surface area (Å²) in [5, 5.41) is 20.2. The van der Waals surface area contributed by atoms with E-state index in [-0.39, 0.29) is 46.1 Å². The van der Waals surface area contributed by atoms with Crippen LogP contribution in [0.2, 0.25) is 0 Å². The van der Waals surface area contributed by atoms with E-state index in [1.165, 1.54) is 28.4 Å². The Hall–Kier alpha value is -3.68. The molecule has 0 aromatic heterocycles. The molecule has 0 atom stereocenters. The number of allylic oxidation sites excluding steroid dienone is 6. The minimum absolute atomic E-state index is 0.00399. The summed E-state index contributed by atoms with van der Waals surface area (Å²) in [7, 11) is 5.57. The zero-order chi connectivity index (χ0) is 27.7. The summed E-state index contributed by atoms with van der Waals surface area (Å²) in [5.74, 6) is -0.237. The predicted octanol–water partition coefficient (Wildman–Crippen LogP) is 5.25. The fraction of sp³-hybridized carbons (Fsp3) is 0.429. The summed E-state index contributed by atoms with van der Waals surface area (Å²) < 4.78 is 20.1. The van der Waals surface area contributed by atoms with Crippen LogP contribution in [0.15, 0.2) is 46.0 Å². The number of Topliss-reactive ketones (excluding diaryl/α,β-unsaturated/α-hetero) is 2. The van der Waals surface area contributed by atoms with E-state index in [9.17, 15) is 19.8 Å². The second kappa shape index (κ2) is 13.4. The van der Waals surface area contributed by atoms with Crippen LogP contribution in [0.5, 0.6) is 23.0 Å². The first-order valence-electron chi connectivity index (χ1n) is 11.4. The molecule has 0 aliphatic heterocycles. The molecule has 0 amide bonds. The molecule has 0 saturated heterocycles. The van der Waals surface area contributed by atoms with Gasteiger partial charge in [0.1, 0.15) is 0 Å². The van der Waals surface area contributed by atoms with Gasteiger partial charge in [-0.2, -0.15) is 0 Å². The van der Waals surface area contributed by atoms with Gasteiger partial charge in [-0.25, -0.2) is 0 Å². The molecule has 0 radical (unpaired) electrons. The molecule has 0 heterocycles. The van der Waals surface area contributed by atoms with Crippen molar-refractivity contribution in [2.45, 2.75) is 54.4 Å². The molecule has 0 saturated carbocycles. The van der Waals surface area contributed by atoms with Crippen molar-refractivity contribution in [2.75, 3.05) is 28.4 Å². The highest BCUT2D eigenvalue weighted by atomic mass is 16.5. The van der Waals surface area contributed by atoms with Gasteiger partial charge < -0.3 is 29.2 Å². The highest BCUT2D eigenvalue weighted by molar-refractivity contribution is 6.23. The summed E-state index contributed by atoms with van der Waals surface area (Å²) >= 11 is 0. The molecule has 1 aliphatic rings. The SMILES string of the molecule is COC1=C(OC)C(=O)C(CC=C(C)C)=C(C)C1=O.COc1c(O)c(C)c(CC=C(C)C)c(O)c1OC. The molecule has 1 aromatic carbocycles.